The Bertz CT molecular complexity index is 33.9. The van der Waals surface area contributed by atoms with Gasteiger partial charge in [-0.25, -0.2) is 0 Å². The van der Waals surface area contributed by atoms with Crippen molar-refractivity contribution in [3.8, 4) is 0 Å². The van der Waals surface area contributed by atoms with E-state index >= 15 is 0 Å². The monoisotopic (exact) mass is 181 g/mol. The third-order valence-electron chi connectivity index (χ3n) is 0.164. The van der Waals surface area contributed by atoms with Crippen molar-refractivity contribution in [3.63, 3.8) is 0 Å². The van der Waals surface area contributed by atoms with Gasteiger partial charge in [0.25, 0.3) is 0 Å². The van der Waals surface area contributed by atoms with Crippen LogP contribution in [-0.4, -0.2) is 0 Å². The molecule has 0 radical (unpaired) electrons. The minimum absolute atomic E-state index is 0.881. The van der Waals surface area contributed by atoms with Crippen molar-refractivity contribution in [1.29, 1.82) is 0 Å². The van der Waals surface area contributed by atoms with Gasteiger partial charge in [-0.3, -0.25) is 0 Å². The molecule has 2 heteroatoms. The first-order chi connectivity index (χ1) is 2.41. The van der Waals surface area contributed by atoms with Gasteiger partial charge in [0.2, 0.25) is 0 Å². The Morgan fingerprint density at radius 2 is 2.40 bits per heavy atom. The van der Waals surface area contributed by atoms with E-state index in [1.807, 2.05) is 6.08 Å². The summed E-state index contributed by atoms with van der Waals surface area (Å²) >= 11 is 8.02. The van der Waals surface area contributed by atoms with Crippen LogP contribution in [0.5, 0.6) is 0 Å². The summed E-state index contributed by atoms with van der Waals surface area (Å²) in [6, 6.07) is 0. The van der Waals surface area contributed by atoms with E-state index in [1.54, 1.807) is 0 Å². The summed E-state index contributed by atoms with van der Waals surface area (Å²) in [5.74, 6) is 0. The van der Waals surface area contributed by atoms with Crippen molar-refractivity contribution in [1.82, 2.24) is 0 Å². The fraction of sp³-hybridized carbons (Fsp3) is 0.333. The van der Waals surface area contributed by atoms with Gasteiger partial charge in [0.1, 0.15) is 0 Å². The maximum atomic E-state index is 5.10. The van der Waals surface area contributed by atoms with Gasteiger partial charge in [0.15, 0.2) is 0 Å². The van der Waals surface area contributed by atoms with Crippen LogP contribution in [0, 0.1) is 0 Å². The van der Waals surface area contributed by atoms with Gasteiger partial charge in [-0.1, -0.05) is 0 Å². The average Bonchev–Trinajstić information content (AvgIpc) is 1.41. The molecule has 0 atom stereocenters. The van der Waals surface area contributed by atoms with Gasteiger partial charge in [-0.05, 0) is 0 Å². The Labute approximate surface area is 47.6 Å². The van der Waals surface area contributed by atoms with Crippen LogP contribution in [0.25, 0.3) is 0 Å². The van der Waals surface area contributed by atoms with Crippen molar-refractivity contribution >= 4 is 11.6 Å². The van der Waals surface area contributed by atoms with E-state index in [4.69, 9.17) is 11.6 Å². The maximum absolute atomic E-state index is 5.10. The summed E-state index contributed by atoms with van der Waals surface area (Å²) in [6.07, 6.45) is 1.82. The van der Waals surface area contributed by atoms with E-state index < -0.39 is 0 Å². The van der Waals surface area contributed by atoms with Gasteiger partial charge >= 0.3 is 47.3 Å². The minimum atomic E-state index is 0.881. The second-order valence-corrected chi connectivity index (χ2v) is 1.38. The fourth-order valence-corrected chi connectivity index (χ4v) is 0.500. The summed E-state index contributed by atoms with van der Waals surface area (Å²) in [7, 11) is 0. The Hall–Kier alpha value is 0.692. The standard InChI is InChI=1S/C3H4Cl.Pd/c1-2-3-4;/h2-3H,1H2;/q;+1. The van der Waals surface area contributed by atoms with E-state index in [-0.39, 0.29) is 0 Å². The molecule has 5 heavy (non-hydrogen) atoms. The molecule has 0 saturated heterocycles. The van der Waals surface area contributed by atoms with E-state index in [0.717, 1.165) is 4.89 Å². The normalized spacial score (nSPS) is 10.2. The number of hydrogen-bond acceptors (Lipinski definition) is 0. The molecule has 0 heterocycles. The van der Waals surface area contributed by atoms with Crippen molar-refractivity contribution in [3.05, 3.63) is 11.6 Å². The molecular weight excluding hydrogens is 178 g/mol. The quantitative estimate of drug-likeness (QED) is 0.541. The molecule has 0 nitrogen and oxygen atoms in total. The molecule has 0 unspecified atom stereocenters. The molecule has 0 amide bonds. The van der Waals surface area contributed by atoms with E-state index in [0.29, 0.717) is 0 Å². The van der Waals surface area contributed by atoms with Crippen LogP contribution in [0.3, 0.4) is 0 Å². The SMILES string of the molecule is ClC=C[CH2][Pd+]. The first-order valence-electron chi connectivity index (χ1n) is 1.18. The number of rotatable bonds is 1. The third-order valence-corrected chi connectivity index (χ3v) is 0.708. The predicted molar refractivity (Wildman–Crippen MR) is 19.8 cm³/mol. The Balaban J connectivity index is 2.62. The van der Waals surface area contributed by atoms with Crippen molar-refractivity contribution in [2.75, 3.05) is 0 Å². The molecular formula is C3H4ClPd+. The molecule has 0 saturated carbocycles. The van der Waals surface area contributed by atoms with Gasteiger partial charge in [0.05, 0.1) is 0 Å². The molecule has 0 aromatic heterocycles. The molecule has 0 aliphatic heterocycles. The van der Waals surface area contributed by atoms with Gasteiger partial charge in [-0.15, -0.1) is 0 Å². The predicted octanol–water partition coefficient (Wildman–Crippen LogP) is 1.70. The molecule has 0 bridgehead atoms. The summed E-state index contributed by atoms with van der Waals surface area (Å²) in [5, 5.41) is 0. The second kappa shape index (κ2) is 4.69. The van der Waals surface area contributed by atoms with Crippen LogP contribution >= 0.6 is 11.6 Å². The van der Waals surface area contributed by atoms with Crippen LogP contribution in [-0.2, 0) is 19.2 Å². The molecule has 0 aromatic carbocycles. The van der Waals surface area contributed by atoms with Crippen LogP contribution in [0.1, 0.15) is 0 Å². The summed E-state index contributed by atoms with van der Waals surface area (Å²) in [6.45, 7) is 0. The fourth-order valence-electron chi connectivity index (χ4n) is 0.0282. The zero-order valence-corrected chi connectivity index (χ0v) is 4.87. The van der Waals surface area contributed by atoms with Crippen LogP contribution < -0.4 is 0 Å². The van der Waals surface area contributed by atoms with Crippen LogP contribution in [0.2, 0.25) is 4.89 Å². The summed E-state index contributed by atoms with van der Waals surface area (Å²) in [5.41, 5.74) is 1.49. The third kappa shape index (κ3) is 4.69. The van der Waals surface area contributed by atoms with E-state index in [9.17, 15) is 0 Å². The molecule has 32 valence electrons. The van der Waals surface area contributed by atoms with Crippen molar-refractivity contribution < 1.29 is 19.2 Å². The Kier molecular flexibility index (Phi) is 5.34. The van der Waals surface area contributed by atoms with Crippen molar-refractivity contribution in [2.45, 2.75) is 4.89 Å². The molecule has 0 spiro atoms. The summed E-state index contributed by atoms with van der Waals surface area (Å²) in [4.78, 5) is 0.881. The molecule has 0 aliphatic rings. The van der Waals surface area contributed by atoms with Gasteiger partial charge in [0, 0.05) is 0 Å². The van der Waals surface area contributed by atoms with Crippen molar-refractivity contribution in [2.24, 2.45) is 0 Å². The van der Waals surface area contributed by atoms with Crippen LogP contribution in [0.15, 0.2) is 11.6 Å². The zero-order chi connectivity index (χ0) is 4.12. The number of halogens is 1. The number of hydrogen-bond donors (Lipinski definition) is 0. The Morgan fingerprint density at radius 3 is 2.40 bits per heavy atom. The van der Waals surface area contributed by atoms with Gasteiger partial charge in [-0.2, -0.15) is 0 Å². The van der Waals surface area contributed by atoms with E-state index in [1.165, 1.54) is 5.54 Å². The Morgan fingerprint density at radius 1 is 1.80 bits per heavy atom. The topological polar surface area (TPSA) is 0 Å². The molecule has 0 N–H and O–H groups in total. The van der Waals surface area contributed by atoms with E-state index in [2.05, 4.69) is 19.2 Å². The molecule has 0 rings (SSSR count). The molecule has 0 aliphatic carbocycles. The van der Waals surface area contributed by atoms with Gasteiger partial charge < -0.3 is 0 Å². The first kappa shape index (κ1) is 5.69. The molecule has 0 fully saturated rings. The number of allylic oxidation sites excluding steroid dienone is 1. The average molecular weight is 182 g/mol. The second-order valence-electron chi connectivity index (χ2n) is 0.491. The summed E-state index contributed by atoms with van der Waals surface area (Å²) < 4.78 is 0. The first-order valence-corrected chi connectivity index (χ1v) is 2.72. The van der Waals surface area contributed by atoms with Crippen LogP contribution in [0.4, 0.5) is 0 Å². The molecule has 0 aromatic rings. The zero-order valence-electron chi connectivity index (χ0n) is 2.56.